The van der Waals surface area contributed by atoms with Crippen LogP contribution in [0.2, 0.25) is 5.02 Å². The van der Waals surface area contributed by atoms with Gasteiger partial charge in [0.15, 0.2) is 0 Å². The average Bonchev–Trinajstić information content (AvgIpc) is 3.03. The van der Waals surface area contributed by atoms with Gasteiger partial charge in [0.25, 0.3) is 0 Å². The second-order valence-corrected chi connectivity index (χ2v) is 11.5. The molecule has 1 spiro atoms. The van der Waals surface area contributed by atoms with Crippen molar-refractivity contribution in [2.24, 2.45) is 0 Å². The molecule has 2 heterocycles. The molecular weight excluding hydrogens is 488 g/mol. The third kappa shape index (κ3) is 5.45. The molecular formula is C30H37ClN2O4. The normalized spacial score (nSPS) is 24.9. The number of aryl methyl sites for hydroxylation is 1. The highest BCUT2D eigenvalue weighted by molar-refractivity contribution is 6.30. The van der Waals surface area contributed by atoms with Crippen LogP contribution < -0.4 is 9.64 Å². The van der Waals surface area contributed by atoms with Gasteiger partial charge in [0.2, 0.25) is 5.91 Å². The smallest absolute Gasteiger partial charge is 0.311 e. The van der Waals surface area contributed by atoms with Gasteiger partial charge >= 0.3 is 5.97 Å². The molecule has 2 aliphatic heterocycles. The molecule has 7 heteroatoms. The number of carboxylic acids is 1. The Kier molecular flexibility index (Phi) is 7.66. The summed E-state index contributed by atoms with van der Waals surface area (Å²) in [6.07, 6.45) is 8.44. The number of carbonyl (C=O) groups excluding carboxylic acids is 1. The van der Waals surface area contributed by atoms with E-state index in [9.17, 15) is 14.7 Å². The molecule has 5 rings (SSSR count). The second-order valence-electron chi connectivity index (χ2n) is 11.1. The first kappa shape index (κ1) is 25.9. The number of rotatable bonds is 1. The van der Waals surface area contributed by atoms with Crippen molar-refractivity contribution in [1.29, 1.82) is 0 Å². The molecule has 2 aromatic rings. The molecule has 6 nitrogen and oxygen atoms in total. The van der Waals surface area contributed by atoms with Gasteiger partial charge in [0.1, 0.15) is 5.75 Å². The summed E-state index contributed by atoms with van der Waals surface area (Å²) in [7, 11) is 1.78. The van der Waals surface area contributed by atoms with Crippen molar-refractivity contribution >= 4 is 29.2 Å². The van der Waals surface area contributed by atoms with Gasteiger partial charge in [-0.1, -0.05) is 43.0 Å². The van der Waals surface area contributed by atoms with Gasteiger partial charge in [-0.15, -0.1) is 0 Å². The minimum atomic E-state index is -0.971. The first-order chi connectivity index (χ1) is 17.9. The number of hydrogen-bond acceptors (Lipinski definition) is 4. The minimum Gasteiger partial charge on any atom is -0.490 e. The Hall–Kier alpha value is -2.73. The summed E-state index contributed by atoms with van der Waals surface area (Å²) in [4.78, 5) is 29.3. The second kappa shape index (κ2) is 10.9. The molecule has 2 atom stereocenters. The van der Waals surface area contributed by atoms with Crippen LogP contribution in [0.3, 0.4) is 0 Å². The Morgan fingerprint density at radius 1 is 1.05 bits per heavy atom. The van der Waals surface area contributed by atoms with E-state index in [4.69, 9.17) is 16.3 Å². The highest BCUT2D eigenvalue weighted by atomic mass is 35.5. The number of hydrogen-bond donors (Lipinski definition) is 1. The van der Waals surface area contributed by atoms with Gasteiger partial charge in [0.05, 0.1) is 18.2 Å². The van der Waals surface area contributed by atoms with Gasteiger partial charge in [-0.05, 0) is 73.1 Å². The van der Waals surface area contributed by atoms with Crippen LogP contribution in [0.4, 0.5) is 5.69 Å². The van der Waals surface area contributed by atoms with Crippen molar-refractivity contribution in [1.82, 2.24) is 4.90 Å². The van der Waals surface area contributed by atoms with Gasteiger partial charge in [-0.3, -0.25) is 9.59 Å². The number of halogens is 1. The summed E-state index contributed by atoms with van der Waals surface area (Å²) >= 11 is 6.35. The number of anilines is 1. The fourth-order valence-corrected chi connectivity index (χ4v) is 6.56. The lowest BCUT2D eigenvalue weighted by atomic mass is 9.70. The Morgan fingerprint density at radius 3 is 2.65 bits per heavy atom. The highest BCUT2D eigenvalue weighted by Gasteiger charge is 2.42. The van der Waals surface area contributed by atoms with Crippen molar-refractivity contribution in [3.63, 3.8) is 0 Å². The van der Waals surface area contributed by atoms with Crippen molar-refractivity contribution in [2.75, 3.05) is 38.2 Å². The van der Waals surface area contributed by atoms with Crippen LogP contribution in [0.25, 0.3) is 0 Å². The predicted molar refractivity (Wildman–Crippen MR) is 146 cm³/mol. The number of ether oxygens (including phenoxy) is 1. The molecule has 1 N–H and O–H groups in total. The number of fused-ring (bicyclic) bond motifs is 3. The summed E-state index contributed by atoms with van der Waals surface area (Å²) in [6, 6.07) is 12.0. The average molecular weight is 525 g/mol. The fourth-order valence-electron chi connectivity index (χ4n) is 6.37. The summed E-state index contributed by atoms with van der Waals surface area (Å²) in [5, 5.41) is 10.8. The van der Waals surface area contributed by atoms with E-state index >= 15 is 0 Å². The van der Waals surface area contributed by atoms with Crippen molar-refractivity contribution in [3.8, 4) is 5.75 Å². The Bertz CT molecular complexity index is 1170. The van der Waals surface area contributed by atoms with E-state index in [1.54, 1.807) is 11.9 Å². The molecule has 1 aliphatic carbocycles. The number of amides is 1. The molecule has 37 heavy (non-hydrogen) atoms. The number of aliphatic carboxylic acids is 1. The maximum Gasteiger partial charge on any atom is 0.311 e. The van der Waals surface area contributed by atoms with E-state index in [1.807, 2.05) is 24.3 Å². The van der Waals surface area contributed by atoms with Gasteiger partial charge in [0, 0.05) is 43.5 Å². The zero-order valence-corrected chi connectivity index (χ0v) is 22.4. The topological polar surface area (TPSA) is 70.1 Å². The monoisotopic (exact) mass is 524 g/mol. The van der Waals surface area contributed by atoms with Gasteiger partial charge in [-0.2, -0.15) is 0 Å². The molecule has 198 valence electrons. The first-order valence-electron chi connectivity index (χ1n) is 13.6. The predicted octanol–water partition coefficient (Wildman–Crippen LogP) is 5.79. The molecule has 2 aromatic carbocycles. The minimum absolute atomic E-state index is 0.0381. The molecule has 0 saturated heterocycles. The maximum absolute atomic E-state index is 12.9. The van der Waals surface area contributed by atoms with E-state index in [1.165, 1.54) is 11.1 Å². The first-order valence-corrected chi connectivity index (χ1v) is 14.0. The zero-order valence-electron chi connectivity index (χ0n) is 21.7. The molecule has 1 amide bonds. The van der Waals surface area contributed by atoms with Crippen LogP contribution in [0.5, 0.6) is 5.75 Å². The standard InChI is InChI=1S/C30H37ClN2O4/c1-32-14-5-3-2-4-6-15-33-19-30(13-7-8-22-16-23(31)10-11-25(22)30)20-37-27-12-9-21(17-26(27)33)24(29(35)36)18-28(32)34/h9-12,16-17,24H,2-8,13-15,18-20H2,1H3,(H,35,36)/t24?,30-/m0/s1. The maximum atomic E-state index is 12.9. The number of nitrogens with zero attached hydrogens (tertiary/aromatic N) is 2. The van der Waals surface area contributed by atoms with Crippen LogP contribution in [-0.4, -0.2) is 55.2 Å². The Labute approximate surface area is 224 Å². The highest BCUT2D eigenvalue weighted by Crippen LogP contribution is 2.45. The van der Waals surface area contributed by atoms with Crippen molar-refractivity contribution in [2.45, 2.75) is 69.1 Å². The lowest BCUT2D eigenvalue weighted by Crippen LogP contribution is -2.46. The summed E-state index contributed by atoms with van der Waals surface area (Å²) < 4.78 is 6.51. The molecule has 0 fully saturated rings. The van der Waals surface area contributed by atoms with Crippen LogP contribution >= 0.6 is 11.6 Å². The van der Waals surface area contributed by atoms with Crippen LogP contribution in [-0.2, 0) is 21.4 Å². The van der Waals surface area contributed by atoms with E-state index in [0.717, 1.165) is 80.9 Å². The summed E-state index contributed by atoms with van der Waals surface area (Å²) in [5.74, 6) is -1.19. The van der Waals surface area contributed by atoms with Crippen molar-refractivity contribution < 1.29 is 19.4 Å². The molecule has 1 unspecified atom stereocenters. The van der Waals surface area contributed by atoms with Crippen LogP contribution in [0, 0.1) is 0 Å². The number of carbonyl (C=O) groups is 2. The largest absolute Gasteiger partial charge is 0.490 e. The molecule has 0 saturated carbocycles. The summed E-state index contributed by atoms with van der Waals surface area (Å²) in [6.45, 7) is 2.95. The lowest BCUT2D eigenvalue weighted by molar-refractivity contribution is -0.142. The Morgan fingerprint density at radius 2 is 1.84 bits per heavy atom. The summed E-state index contributed by atoms with van der Waals surface area (Å²) in [5.41, 5.74) is 4.08. The molecule has 0 aromatic heterocycles. The van der Waals surface area contributed by atoms with E-state index in [2.05, 4.69) is 17.0 Å². The van der Waals surface area contributed by atoms with Crippen LogP contribution in [0.15, 0.2) is 36.4 Å². The molecule has 0 radical (unpaired) electrons. The van der Waals surface area contributed by atoms with Crippen LogP contribution in [0.1, 0.15) is 74.0 Å². The van der Waals surface area contributed by atoms with E-state index < -0.39 is 11.9 Å². The molecule has 2 bridgehead atoms. The fraction of sp³-hybridized carbons (Fsp3) is 0.533. The SMILES string of the molecule is CN1CCCCCCCN2C[C@@]3(CCCc4cc(Cl)ccc43)COc3ccc(cc32)C(C(=O)O)CC1=O. The lowest BCUT2D eigenvalue weighted by Gasteiger charge is -2.41. The number of benzene rings is 2. The van der Waals surface area contributed by atoms with Crippen molar-refractivity contribution in [3.05, 3.63) is 58.1 Å². The van der Waals surface area contributed by atoms with E-state index in [-0.39, 0.29) is 17.7 Å². The molecule has 3 aliphatic rings. The third-order valence-corrected chi connectivity index (χ3v) is 8.72. The third-order valence-electron chi connectivity index (χ3n) is 8.49. The van der Waals surface area contributed by atoms with Gasteiger partial charge in [-0.25, -0.2) is 0 Å². The zero-order chi connectivity index (χ0) is 26.0. The quantitative estimate of drug-likeness (QED) is 0.511. The van der Waals surface area contributed by atoms with E-state index in [0.29, 0.717) is 18.7 Å². The number of carboxylic acid groups (broad SMARTS) is 1. The van der Waals surface area contributed by atoms with Gasteiger partial charge < -0.3 is 19.6 Å². The Balaban J connectivity index is 1.54.